The first-order chi connectivity index (χ1) is 13.9. The van der Waals surface area contributed by atoms with Crippen molar-refractivity contribution in [1.29, 1.82) is 0 Å². The van der Waals surface area contributed by atoms with Gasteiger partial charge in [0, 0.05) is 4.47 Å². The van der Waals surface area contributed by atoms with Crippen molar-refractivity contribution in [2.75, 3.05) is 17.2 Å². The molecule has 0 bridgehead atoms. The zero-order valence-corrected chi connectivity index (χ0v) is 17.1. The molecule has 3 rings (SSSR count). The summed E-state index contributed by atoms with van der Waals surface area (Å²) >= 11 is 3.42. The van der Waals surface area contributed by atoms with Crippen molar-refractivity contribution in [2.45, 2.75) is 6.92 Å². The molecule has 0 radical (unpaired) electrons. The number of nitrogens with one attached hydrogen (secondary N) is 2. The number of hydrogen-bond donors (Lipinski definition) is 2. The molecule has 0 aromatic heterocycles. The Morgan fingerprint density at radius 2 is 1.69 bits per heavy atom. The molecule has 7 heteroatoms. The summed E-state index contributed by atoms with van der Waals surface area (Å²) in [6, 6.07) is 18.0. The van der Waals surface area contributed by atoms with Gasteiger partial charge < -0.3 is 15.4 Å². The van der Waals surface area contributed by atoms with Gasteiger partial charge in [0.15, 0.2) is 6.61 Å². The van der Waals surface area contributed by atoms with Crippen LogP contribution in [0.25, 0.3) is 0 Å². The summed E-state index contributed by atoms with van der Waals surface area (Å²) in [7, 11) is 0. The number of benzene rings is 3. The summed E-state index contributed by atoms with van der Waals surface area (Å²) in [6.45, 7) is 1.58. The van der Waals surface area contributed by atoms with Crippen molar-refractivity contribution < 1.29 is 18.7 Å². The van der Waals surface area contributed by atoms with Crippen LogP contribution in [0.4, 0.5) is 15.8 Å². The lowest BCUT2D eigenvalue weighted by Gasteiger charge is -2.13. The number of amides is 2. The highest BCUT2D eigenvalue weighted by molar-refractivity contribution is 9.10. The van der Waals surface area contributed by atoms with Gasteiger partial charge in [0.1, 0.15) is 11.6 Å². The molecule has 2 amide bonds. The van der Waals surface area contributed by atoms with E-state index in [4.69, 9.17) is 4.74 Å². The van der Waals surface area contributed by atoms with Gasteiger partial charge in [-0.1, -0.05) is 30.3 Å². The Hall–Kier alpha value is -3.19. The Bertz CT molecular complexity index is 1060. The van der Waals surface area contributed by atoms with Crippen LogP contribution in [0.2, 0.25) is 0 Å². The summed E-state index contributed by atoms with van der Waals surface area (Å²) in [4.78, 5) is 24.8. The van der Waals surface area contributed by atoms with E-state index in [1.165, 1.54) is 18.2 Å². The van der Waals surface area contributed by atoms with Crippen LogP contribution in [0, 0.1) is 12.7 Å². The molecular formula is C22H18BrFN2O3. The Labute approximate surface area is 176 Å². The van der Waals surface area contributed by atoms with E-state index >= 15 is 0 Å². The van der Waals surface area contributed by atoms with Crippen molar-refractivity contribution in [3.05, 3.63) is 88.1 Å². The van der Waals surface area contributed by atoms with Gasteiger partial charge in [-0.2, -0.15) is 0 Å². The highest BCUT2D eigenvalue weighted by atomic mass is 79.9. The van der Waals surface area contributed by atoms with Gasteiger partial charge in [0.05, 0.1) is 16.9 Å². The second-order valence-electron chi connectivity index (χ2n) is 6.25. The number of anilines is 2. The standard InChI is InChI=1S/C22H18BrFN2O3/c1-14-10-11-18(16(23)12-14)26-22(28)15-6-2-5-9-20(15)29-13-21(27)25-19-8-4-3-7-17(19)24/h2-12H,13H2,1H3,(H,25,27)(H,26,28). The van der Waals surface area contributed by atoms with Crippen molar-refractivity contribution in [1.82, 2.24) is 0 Å². The van der Waals surface area contributed by atoms with Crippen LogP contribution in [-0.4, -0.2) is 18.4 Å². The van der Waals surface area contributed by atoms with E-state index in [-0.39, 0.29) is 29.5 Å². The van der Waals surface area contributed by atoms with E-state index in [0.717, 1.165) is 10.0 Å². The van der Waals surface area contributed by atoms with Crippen molar-refractivity contribution in [2.24, 2.45) is 0 Å². The zero-order chi connectivity index (χ0) is 20.8. The third kappa shape index (κ3) is 5.42. The fourth-order valence-electron chi connectivity index (χ4n) is 2.58. The first kappa shape index (κ1) is 20.5. The second-order valence-corrected chi connectivity index (χ2v) is 7.10. The minimum Gasteiger partial charge on any atom is -0.483 e. The number of rotatable bonds is 6. The number of ether oxygens (including phenoxy) is 1. The van der Waals surface area contributed by atoms with Crippen LogP contribution in [0.15, 0.2) is 71.2 Å². The minimum absolute atomic E-state index is 0.0661. The van der Waals surface area contributed by atoms with E-state index in [9.17, 15) is 14.0 Å². The number of aryl methyl sites for hydroxylation is 1. The van der Waals surface area contributed by atoms with E-state index in [0.29, 0.717) is 5.69 Å². The Kier molecular flexibility index (Phi) is 6.61. The van der Waals surface area contributed by atoms with Crippen LogP contribution in [0.5, 0.6) is 5.75 Å². The third-order valence-electron chi connectivity index (χ3n) is 4.01. The molecule has 0 aliphatic carbocycles. The van der Waals surface area contributed by atoms with Crippen LogP contribution >= 0.6 is 15.9 Å². The molecule has 148 valence electrons. The number of para-hydroxylation sites is 2. The lowest BCUT2D eigenvalue weighted by atomic mass is 10.1. The maximum Gasteiger partial charge on any atom is 0.262 e. The molecule has 0 saturated heterocycles. The van der Waals surface area contributed by atoms with Gasteiger partial charge in [0.25, 0.3) is 11.8 Å². The topological polar surface area (TPSA) is 67.4 Å². The maximum atomic E-state index is 13.6. The molecule has 3 aromatic carbocycles. The molecular weight excluding hydrogens is 439 g/mol. The summed E-state index contributed by atoms with van der Waals surface area (Å²) < 4.78 is 19.9. The molecule has 29 heavy (non-hydrogen) atoms. The zero-order valence-electron chi connectivity index (χ0n) is 15.5. The summed E-state index contributed by atoms with van der Waals surface area (Å²) in [5.41, 5.74) is 2.02. The van der Waals surface area contributed by atoms with Crippen molar-refractivity contribution in [3.8, 4) is 5.75 Å². The fraction of sp³-hybridized carbons (Fsp3) is 0.0909. The van der Waals surface area contributed by atoms with Gasteiger partial charge in [-0.25, -0.2) is 4.39 Å². The Morgan fingerprint density at radius 1 is 0.966 bits per heavy atom. The molecule has 0 aliphatic heterocycles. The quantitative estimate of drug-likeness (QED) is 0.537. The van der Waals surface area contributed by atoms with Gasteiger partial charge >= 0.3 is 0 Å². The Morgan fingerprint density at radius 3 is 2.45 bits per heavy atom. The predicted octanol–water partition coefficient (Wildman–Crippen LogP) is 5.17. The molecule has 0 atom stereocenters. The van der Waals surface area contributed by atoms with E-state index in [2.05, 4.69) is 26.6 Å². The summed E-state index contributed by atoms with van der Waals surface area (Å²) in [5.74, 6) is -1.20. The number of carbonyl (C=O) groups excluding carboxylic acids is 2. The average Bonchev–Trinajstić information content (AvgIpc) is 2.70. The van der Waals surface area contributed by atoms with Crippen LogP contribution < -0.4 is 15.4 Å². The van der Waals surface area contributed by atoms with Crippen LogP contribution in [-0.2, 0) is 4.79 Å². The molecule has 0 unspecified atom stereocenters. The van der Waals surface area contributed by atoms with Crippen LogP contribution in [0.3, 0.4) is 0 Å². The van der Waals surface area contributed by atoms with Gasteiger partial charge in [-0.15, -0.1) is 0 Å². The van der Waals surface area contributed by atoms with Gasteiger partial charge in [-0.3, -0.25) is 9.59 Å². The number of carbonyl (C=O) groups is 2. The minimum atomic E-state index is -0.538. The molecule has 0 fully saturated rings. The molecule has 3 aromatic rings. The normalized spacial score (nSPS) is 10.3. The van der Waals surface area contributed by atoms with E-state index < -0.39 is 11.7 Å². The van der Waals surface area contributed by atoms with E-state index in [1.54, 1.807) is 36.4 Å². The van der Waals surface area contributed by atoms with E-state index in [1.807, 2.05) is 19.1 Å². The molecule has 0 saturated carbocycles. The lowest BCUT2D eigenvalue weighted by molar-refractivity contribution is -0.118. The number of hydrogen-bond acceptors (Lipinski definition) is 3. The fourth-order valence-corrected chi connectivity index (χ4v) is 3.18. The van der Waals surface area contributed by atoms with Gasteiger partial charge in [-0.05, 0) is 64.8 Å². The number of halogens is 2. The SMILES string of the molecule is Cc1ccc(NC(=O)c2ccccc2OCC(=O)Nc2ccccc2F)c(Br)c1. The molecule has 0 spiro atoms. The molecule has 2 N–H and O–H groups in total. The predicted molar refractivity (Wildman–Crippen MR) is 114 cm³/mol. The third-order valence-corrected chi connectivity index (χ3v) is 4.67. The molecule has 5 nitrogen and oxygen atoms in total. The first-order valence-electron chi connectivity index (χ1n) is 8.78. The maximum absolute atomic E-state index is 13.6. The summed E-state index contributed by atoms with van der Waals surface area (Å²) in [5, 5.41) is 5.25. The smallest absolute Gasteiger partial charge is 0.262 e. The molecule has 0 aliphatic rings. The second kappa shape index (κ2) is 9.34. The van der Waals surface area contributed by atoms with Crippen LogP contribution in [0.1, 0.15) is 15.9 Å². The average molecular weight is 457 g/mol. The lowest BCUT2D eigenvalue weighted by Crippen LogP contribution is -2.22. The highest BCUT2D eigenvalue weighted by Crippen LogP contribution is 2.26. The highest BCUT2D eigenvalue weighted by Gasteiger charge is 2.15. The monoisotopic (exact) mass is 456 g/mol. The molecule has 0 heterocycles. The van der Waals surface area contributed by atoms with Crippen molar-refractivity contribution >= 4 is 39.1 Å². The van der Waals surface area contributed by atoms with Crippen molar-refractivity contribution in [3.63, 3.8) is 0 Å². The largest absolute Gasteiger partial charge is 0.483 e. The first-order valence-corrected chi connectivity index (χ1v) is 9.57. The Balaban J connectivity index is 1.67. The summed E-state index contributed by atoms with van der Waals surface area (Å²) in [6.07, 6.45) is 0. The van der Waals surface area contributed by atoms with Gasteiger partial charge in [0.2, 0.25) is 0 Å².